The minimum Gasteiger partial charge on any atom is -0.308 e. The van der Waals surface area contributed by atoms with Crippen LogP contribution in [0.15, 0.2) is 11.1 Å². The first-order valence-electron chi connectivity index (χ1n) is 6.26. The first-order valence-corrected chi connectivity index (χ1v) is 7.81. The molecule has 20 heavy (non-hydrogen) atoms. The number of hydrogen-bond donors (Lipinski definition) is 2. The number of carbonyl (C=O) groups is 1. The van der Waals surface area contributed by atoms with Crippen molar-refractivity contribution >= 4 is 21.7 Å². The van der Waals surface area contributed by atoms with Crippen molar-refractivity contribution < 1.29 is 13.2 Å². The van der Waals surface area contributed by atoms with Crippen molar-refractivity contribution in [2.45, 2.75) is 32.6 Å². The van der Waals surface area contributed by atoms with E-state index < -0.39 is 10.0 Å². The van der Waals surface area contributed by atoms with Gasteiger partial charge in [-0.25, -0.2) is 13.6 Å². The highest BCUT2D eigenvalue weighted by molar-refractivity contribution is 7.89. The fourth-order valence-corrected chi connectivity index (χ4v) is 3.46. The molecule has 0 atom stereocenters. The summed E-state index contributed by atoms with van der Waals surface area (Å²) in [5.74, 6) is -0.438. The molecule has 3 N–H and O–H groups in total. The highest BCUT2D eigenvalue weighted by Gasteiger charge is 2.68. The standard InChI is InChI=1S/C12H20N4O3S/c1-11(2)8(12(11,3)4)10(17)14-9-7(20(13,18)19)6-16(5)15-9/h6,8H,1-5H3,(H2,13,18,19)(H,14,15,17). The molecular formula is C12H20N4O3S. The summed E-state index contributed by atoms with van der Waals surface area (Å²) < 4.78 is 24.2. The molecule has 1 aromatic rings. The third kappa shape index (κ3) is 2.12. The number of sulfonamides is 1. The maximum Gasteiger partial charge on any atom is 0.243 e. The highest BCUT2D eigenvalue weighted by atomic mass is 32.2. The van der Waals surface area contributed by atoms with E-state index in [9.17, 15) is 13.2 Å². The number of nitrogens with zero attached hydrogens (tertiary/aromatic N) is 2. The van der Waals surface area contributed by atoms with Gasteiger partial charge in [-0.2, -0.15) is 5.10 Å². The third-order valence-corrected chi connectivity index (χ3v) is 5.54. The van der Waals surface area contributed by atoms with Crippen LogP contribution >= 0.6 is 0 Å². The Morgan fingerprint density at radius 3 is 2.25 bits per heavy atom. The van der Waals surface area contributed by atoms with Gasteiger partial charge in [0.2, 0.25) is 15.9 Å². The molecule has 0 bridgehead atoms. The molecule has 0 aromatic carbocycles. The smallest absolute Gasteiger partial charge is 0.243 e. The van der Waals surface area contributed by atoms with Gasteiger partial charge in [-0.1, -0.05) is 27.7 Å². The summed E-state index contributed by atoms with van der Waals surface area (Å²) in [4.78, 5) is 12.1. The predicted octanol–water partition coefficient (Wildman–Crippen LogP) is 0.688. The van der Waals surface area contributed by atoms with Crippen LogP contribution in [0.1, 0.15) is 27.7 Å². The lowest BCUT2D eigenvalue weighted by Gasteiger charge is -2.05. The quantitative estimate of drug-likeness (QED) is 0.856. The molecule has 1 amide bonds. The van der Waals surface area contributed by atoms with Crippen LogP contribution in [-0.4, -0.2) is 24.1 Å². The summed E-state index contributed by atoms with van der Waals surface area (Å²) in [7, 11) is -2.35. The van der Waals surface area contributed by atoms with Crippen molar-refractivity contribution in [1.29, 1.82) is 0 Å². The van der Waals surface area contributed by atoms with Gasteiger partial charge in [0, 0.05) is 19.2 Å². The van der Waals surface area contributed by atoms with Crippen molar-refractivity contribution in [3.05, 3.63) is 6.20 Å². The van der Waals surface area contributed by atoms with Gasteiger partial charge >= 0.3 is 0 Å². The van der Waals surface area contributed by atoms with E-state index >= 15 is 0 Å². The van der Waals surface area contributed by atoms with Crippen LogP contribution in [0.2, 0.25) is 0 Å². The highest BCUT2D eigenvalue weighted by Crippen LogP contribution is 2.68. The van der Waals surface area contributed by atoms with E-state index in [1.165, 1.54) is 10.9 Å². The topological polar surface area (TPSA) is 107 Å². The lowest BCUT2D eigenvalue weighted by molar-refractivity contribution is -0.118. The summed E-state index contributed by atoms with van der Waals surface area (Å²) in [5, 5.41) is 11.6. The van der Waals surface area contributed by atoms with E-state index in [0.717, 1.165) is 0 Å². The lowest BCUT2D eigenvalue weighted by atomic mass is 10.0. The fourth-order valence-electron chi connectivity index (χ4n) is 2.80. The normalized spacial score (nSPS) is 20.7. The number of aromatic nitrogens is 2. The molecule has 1 saturated carbocycles. The number of amides is 1. The second kappa shape index (κ2) is 4.05. The summed E-state index contributed by atoms with van der Waals surface area (Å²) in [6.07, 6.45) is 1.27. The average Bonchev–Trinajstić information content (AvgIpc) is 2.53. The molecular weight excluding hydrogens is 280 g/mol. The van der Waals surface area contributed by atoms with Crippen LogP contribution in [-0.2, 0) is 21.9 Å². The number of nitrogens with two attached hydrogens (primary N) is 1. The molecule has 0 radical (unpaired) electrons. The molecule has 0 saturated heterocycles. The van der Waals surface area contributed by atoms with Gasteiger partial charge in [0.05, 0.1) is 0 Å². The summed E-state index contributed by atoms with van der Waals surface area (Å²) in [6.45, 7) is 8.04. The molecule has 7 nitrogen and oxygen atoms in total. The van der Waals surface area contributed by atoms with Gasteiger partial charge in [0.1, 0.15) is 4.90 Å². The first-order chi connectivity index (χ1) is 8.89. The Morgan fingerprint density at radius 1 is 1.35 bits per heavy atom. The Morgan fingerprint density at radius 2 is 1.85 bits per heavy atom. The average molecular weight is 300 g/mol. The summed E-state index contributed by atoms with van der Waals surface area (Å²) in [6, 6.07) is 0. The van der Waals surface area contributed by atoms with Crippen molar-refractivity contribution in [2.24, 2.45) is 28.9 Å². The van der Waals surface area contributed by atoms with Crippen LogP contribution in [0.5, 0.6) is 0 Å². The van der Waals surface area contributed by atoms with Gasteiger partial charge in [0.25, 0.3) is 0 Å². The Balaban J connectivity index is 2.27. The molecule has 8 heteroatoms. The molecule has 112 valence electrons. The van der Waals surface area contributed by atoms with E-state index in [1.807, 2.05) is 27.7 Å². The number of anilines is 1. The zero-order chi connectivity index (χ0) is 15.5. The largest absolute Gasteiger partial charge is 0.308 e. The molecule has 1 fully saturated rings. The van der Waals surface area contributed by atoms with E-state index in [1.54, 1.807) is 7.05 Å². The van der Waals surface area contributed by atoms with Gasteiger partial charge in [-0.3, -0.25) is 9.48 Å². The fraction of sp³-hybridized carbons (Fsp3) is 0.667. The Kier molecular flexibility index (Phi) is 3.03. The van der Waals surface area contributed by atoms with Gasteiger partial charge < -0.3 is 5.32 Å². The van der Waals surface area contributed by atoms with Gasteiger partial charge in [-0.15, -0.1) is 0 Å². The number of hydrogen-bond acceptors (Lipinski definition) is 4. The molecule has 0 unspecified atom stereocenters. The lowest BCUT2D eigenvalue weighted by Crippen LogP contribution is -2.21. The first kappa shape index (κ1) is 15.0. The second-order valence-corrected chi connectivity index (χ2v) is 7.96. The number of carbonyl (C=O) groups excluding carboxylic acids is 1. The van der Waals surface area contributed by atoms with Crippen LogP contribution in [0.4, 0.5) is 5.82 Å². The van der Waals surface area contributed by atoms with Crippen LogP contribution in [0, 0.1) is 16.7 Å². The molecule has 0 aliphatic heterocycles. The minimum atomic E-state index is -3.92. The predicted molar refractivity (Wildman–Crippen MR) is 74.3 cm³/mol. The molecule has 1 aliphatic carbocycles. The number of nitrogens with one attached hydrogen (secondary N) is 1. The molecule has 0 spiro atoms. The van der Waals surface area contributed by atoms with Crippen molar-refractivity contribution in [2.75, 3.05) is 5.32 Å². The molecule has 1 aliphatic rings. The molecule has 1 heterocycles. The van der Waals surface area contributed by atoms with Gasteiger partial charge in [0.15, 0.2) is 5.82 Å². The molecule has 2 rings (SSSR count). The number of rotatable bonds is 3. The number of primary sulfonamides is 1. The maximum atomic E-state index is 12.3. The van der Waals surface area contributed by atoms with Crippen molar-refractivity contribution in [3.8, 4) is 0 Å². The van der Waals surface area contributed by atoms with Crippen molar-refractivity contribution in [3.63, 3.8) is 0 Å². The zero-order valence-corrected chi connectivity index (χ0v) is 13.1. The van der Waals surface area contributed by atoms with Crippen LogP contribution in [0.25, 0.3) is 0 Å². The van der Waals surface area contributed by atoms with Crippen LogP contribution in [0.3, 0.4) is 0 Å². The molecule has 1 aromatic heterocycles. The second-order valence-electron chi connectivity index (χ2n) is 6.43. The third-order valence-electron chi connectivity index (χ3n) is 4.63. The van der Waals surface area contributed by atoms with Gasteiger partial charge in [-0.05, 0) is 10.8 Å². The van der Waals surface area contributed by atoms with Crippen molar-refractivity contribution in [1.82, 2.24) is 9.78 Å². The SMILES string of the molecule is Cn1cc(S(N)(=O)=O)c(NC(=O)C2C(C)(C)C2(C)C)n1. The monoisotopic (exact) mass is 300 g/mol. The van der Waals surface area contributed by atoms with E-state index in [0.29, 0.717) is 0 Å². The van der Waals surface area contributed by atoms with E-state index in [-0.39, 0.29) is 33.4 Å². The Bertz CT molecular complexity index is 659. The number of aryl methyl sites for hydroxylation is 1. The summed E-state index contributed by atoms with van der Waals surface area (Å²) in [5.41, 5.74) is -0.263. The maximum absolute atomic E-state index is 12.3. The minimum absolute atomic E-state index is 0.0153. The Hall–Kier alpha value is -1.41. The Labute approximate surface area is 118 Å². The van der Waals surface area contributed by atoms with E-state index in [2.05, 4.69) is 10.4 Å². The van der Waals surface area contributed by atoms with E-state index in [4.69, 9.17) is 5.14 Å². The summed E-state index contributed by atoms with van der Waals surface area (Å²) >= 11 is 0. The van der Waals surface area contributed by atoms with Crippen LogP contribution < -0.4 is 10.5 Å². The zero-order valence-electron chi connectivity index (χ0n) is 12.3.